The first-order valence-corrected chi connectivity index (χ1v) is 26.8. The summed E-state index contributed by atoms with van der Waals surface area (Å²) < 4.78 is 2.84. The second-order valence-electron chi connectivity index (χ2n) is 24.0. The van der Waals surface area contributed by atoms with Crippen LogP contribution in [-0.2, 0) is 19.2 Å². The fraction of sp³-hybridized carbons (Fsp3) is 0.929. The van der Waals surface area contributed by atoms with Gasteiger partial charge in [0, 0.05) is 23.8 Å². The minimum Gasteiger partial charge on any atom is -0.550 e. The molecule has 0 aliphatic rings. The Labute approximate surface area is 410 Å². The molecule has 0 heterocycles. The van der Waals surface area contributed by atoms with Crippen LogP contribution in [0.2, 0.25) is 0 Å². The molecule has 0 aliphatic heterocycles. The lowest BCUT2D eigenvalue weighted by Gasteiger charge is -2.41. The molecule has 0 rings (SSSR count). The highest BCUT2D eigenvalue weighted by atomic mass is 16.4. The third kappa shape index (κ3) is 31.0. The lowest BCUT2D eigenvalue weighted by atomic mass is 9.64. The lowest BCUT2D eigenvalue weighted by Crippen LogP contribution is -2.50. The molecule has 0 aliphatic carbocycles. The number of carbonyl (C=O) groups excluding carboxylic acids is 2. The number of unbranched alkanes of at least 4 members (excludes halogenated alkanes) is 8. The Bertz CT molecular complexity index is 1020. The van der Waals surface area contributed by atoms with Gasteiger partial charge in [0.2, 0.25) is 0 Å². The summed E-state index contributed by atoms with van der Waals surface area (Å²) in [7, 11) is 0. The summed E-state index contributed by atoms with van der Waals surface area (Å²) in [6.07, 6.45) is 22.1. The van der Waals surface area contributed by atoms with E-state index in [4.69, 9.17) is 0 Å². The summed E-state index contributed by atoms with van der Waals surface area (Å²) in [5, 5.41) is 40.7. The molecule has 2 N–H and O–H groups in total. The van der Waals surface area contributed by atoms with Crippen LogP contribution in [0, 0.1) is 45.3 Å². The molecule has 0 amide bonds. The van der Waals surface area contributed by atoms with Crippen molar-refractivity contribution in [3.63, 3.8) is 0 Å². The maximum Gasteiger partial charge on any atom is 0.307 e. The van der Waals surface area contributed by atoms with Crippen LogP contribution >= 0.6 is 0 Å². The number of carboxylic acids is 4. The largest absolute Gasteiger partial charge is 0.550 e. The van der Waals surface area contributed by atoms with Gasteiger partial charge in [-0.1, -0.05) is 190 Å². The van der Waals surface area contributed by atoms with Gasteiger partial charge in [0.25, 0.3) is 0 Å². The van der Waals surface area contributed by atoms with Crippen LogP contribution in [0.3, 0.4) is 0 Å². The van der Waals surface area contributed by atoms with Gasteiger partial charge < -0.3 is 39.0 Å². The predicted molar refractivity (Wildman–Crippen MR) is 276 cm³/mol. The molecule has 0 aromatic rings. The first-order chi connectivity index (χ1) is 30.3. The van der Waals surface area contributed by atoms with Gasteiger partial charge in [-0.3, -0.25) is 9.59 Å². The number of aliphatic carboxylic acids is 4. The van der Waals surface area contributed by atoms with Gasteiger partial charge in [0.15, 0.2) is 0 Å². The van der Waals surface area contributed by atoms with Crippen molar-refractivity contribution in [2.45, 2.75) is 241 Å². The average molecular weight is 944 g/mol. The van der Waals surface area contributed by atoms with Crippen molar-refractivity contribution in [1.29, 1.82) is 0 Å². The summed E-state index contributed by atoms with van der Waals surface area (Å²) in [5.41, 5.74) is -2.53. The van der Waals surface area contributed by atoms with E-state index < -0.39 is 69.2 Å². The number of rotatable bonds is 30. The van der Waals surface area contributed by atoms with Crippen LogP contribution in [-0.4, -0.2) is 95.4 Å². The molecule has 4 atom stereocenters. The zero-order valence-corrected chi connectivity index (χ0v) is 47.5. The molecule has 0 bridgehead atoms. The van der Waals surface area contributed by atoms with Crippen molar-refractivity contribution < 1.29 is 48.6 Å². The summed E-state index contributed by atoms with van der Waals surface area (Å²) in [4.78, 5) is 44.8. The topological polar surface area (TPSA) is 155 Å². The highest BCUT2D eigenvalue weighted by Crippen LogP contribution is 2.42. The van der Waals surface area contributed by atoms with Crippen molar-refractivity contribution >= 4 is 23.9 Å². The van der Waals surface area contributed by atoms with Gasteiger partial charge in [-0.15, -0.1) is 0 Å². The molecule has 0 unspecified atom stereocenters. The molecule has 0 fully saturated rings. The second kappa shape index (κ2) is 35.8. The normalized spacial score (nSPS) is 14.2. The van der Waals surface area contributed by atoms with Crippen molar-refractivity contribution in [2.75, 3.05) is 52.4 Å². The maximum atomic E-state index is 11.2. The Balaban J connectivity index is -0.000000388. The van der Waals surface area contributed by atoms with E-state index in [1.807, 2.05) is 0 Å². The van der Waals surface area contributed by atoms with E-state index in [9.17, 15) is 39.6 Å². The number of hydrogen-bond donors (Lipinski definition) is 2. The maximum absolute atomic E-state index is 11.2. The van der Waals surface area contributed by atoms with Gasteiger partial charge in [0.05, 0.1) is 64.2 Å². The zero-order chi connectivity index (χ0) is 52.6. The molecule has 66 heavy (non-hydrogen) atoms. The predicted octanol–water partition coefficient (Wildman–Crippen LogP) is 12.3. The van der Waals surface area contributed by atoms with E-state index in [1.165, 1.54) is 164 Å². The van der Waals surface area contributed by atoms with Gasteiger partial charge in [-0.25, -0.2) is 0 Å². The first-order valence-electron chi connectivity index (χ1n) is 26.8. The van der Waals surface area contributed by atoms with Gasteiger partial charge in [-0.05, 0) is 73.0 Å². The van der Waals surface area contributed by atoms with Crippen molar-refractivity contribution in [3.05, 3.63) is 0 Å². The zero-order valence-electron chi connectivity index (χ0n) is 47.5. The van der Waals surface area contributed by atoms with E-state index in [-0.39, 0.29) is 0 Å². The molecule has 10 heteroatoms. The molecule has 0 saturated carbocycles. The molecular weight excluding hydrogens is 829 g/mol. The fourth-order valence-electron chi connectivity index (χ4n) is 9.30. The highest BCUT2D eigenvalue weighted by molar-refractivity contribution is 5.81. The molecule has 0 aromatic carbocycles. The number of nitrogens with zero attached hydrogens (tertiary/aromatic N) is 2. The van der Waals surface area contributed by atoms with Crippen LogP contribution < -0.4 is 10.2 Å². The van der Waals surface area contributed by atoms with E-state index in [2.05, 4.69) is 55.4 Å². The standard InChI is InChI=1S/2C16H36N.2C12H22O4/c2*1-5-9-13-17(14-10-6-2,15-11-7-3)16-12-8-4;2*1-11(2,3)7(9(13)14)8(10(15)16)12(4,5)6/h2*5-16H2,1-4H3;2*7-8H,1-6H3,(H,13,14)(H,15,16)/q2*+1;;/p-2/t;;2*7-,8-/m..10/s1. The number of carboxylic acid groups (broad SMARTS) is 4. The molecule has 0 spiro atoms. The van der Waals surface area contributed by atoms with E-state index in [0.717, 1.165) is 0 Å². The third-order valence-corrected chi connectivity index (χ3v) is 13.3. The minimum absolute atomic E-state index is 0.621. The smallest absolute Gasteiger partial charge is 0.307 e. The van der Waals surface area contributed by atoms with Crippen LogP contribution in [0.1, 0.15) is 241 Å². The number of quaternary nitrogens is 2. The quantitative estimate of drug-likeness (QED) is 0.0675. The van der Waals surface area contributed by atoms with Crippen molar-refractivity contribution in [2.24, 2.45) is 45.3 Å². The van der Waals surface area contributed by atoms with Crippen LogP contribution in [0.4, 0.5) is 0 Å². The molecule has 0 saturated heterocycles. The third-order valence-electron chi connectivity index (χ3n) is 13.3. The van der Waals surface area contributed by atoms with Gasteiger partial charge in [0.1, 0.15) is 0 Å². The van der Waals surface area contributed by atoms with E-state index in [0.29, 0.717) is 0 Å². The van der Waals surface area contributed by atoms with Crippen LogP contribution in [0.5, 0.6) is 0 Å². The number of carbonyl (C=O) groups is 4. The lowest BCUT2D eigenvalue weighted by molar-refractivity contribution is -0.929. The van der Waals surface area contributed by atoms with Crippen LogP contribution in [0.25, 0.3) is 0 Å². The molecule has 396 valence electrons. The van der Waals surface area contributed by atoms with E-state index in [1.54, 1.807) is 83.1 Å². The van der Waals surface area contributed by atoms with Crippen LogP contribution in [0.15, 0.2) is 0 Å². The Kier molecular flexibility index (Phi) is 38.2. The summed E-state index contributed by atoms with van der Waals surface area (Å²) >= 11 is 0. The highest BCUT2D eigenvalue weighted by Gasteiger charge is 2.45. The monoisotopic (exact) mass is 943 g/mol. The molecule has 10 nitrogen and oxygen atoms in total. The Morgan fingerprint density at radius 3 is 0.530 bits per heavy atom. The fourth-order valence-corrected chi connectivity index (χ4v) is 9.30. The van der Waals surface area contributed by atoms with Gasteiger partial charge in [-0.2, -0.15) is 0 Å². The Hall–Kier alpha value is -2.20. The molecular formula is C56H114N2O8. The molecule has 0 radical (unpaired) electrons. The first kappa shape index (κ1) is 70.4. The summed E-state index contributed by atoms with van der Waals surface area (Å²) in [6, 6.07) is 0. The SMILES string of the molecule is CC(C)(C)[C@@H](C(=O)[O-])[C@H](C(=O)O)C(C)(C)C.CC(C)(C)[C@H](C(=O)[O-])[C@@H](C(=O)O)C(C)(C)C.CCCC[N+](CCCC)(CCCC)CCCC.CCCC[N+](CCCC)(CCCC)CCCC. The molecule has 0 aromatic heterocycles. The minimum atomic E-state index is -1.30. The summed E-state index contributed by atoms with van der Waals surface area (Å²) in [6.45, 7) is 50.7. The van der Waals surface area contributed by atoms with Crippen molar-refractivity contribution in [1.82, 2.24) is 0 Å². The summed E-state index contributed by atoms with van der Waals surface area (Å²) in [5.74, 6) is -8.71. The number of hydrogen-bond acceptors (Lipinski definition) is 6. The second-order valence-corrected chi connectivity index (χ2v) is 24.0. The Morgan fingerprint density at radius 1 is 0.333 bits per heavy atom. The van der Waals surface area contributed by atoms with E-state index >= 15 is 0 Å². The Morgan fingerprint density at radius 2 is 0.470 bits per heavy atom. The average Bonchev–Trinajstić information content (AvgIpc) is 3.19. The van der Waals surface area contributed by atoms with Gasteiger partial charge >= 0.3 is 11.9 Å². The van der Waals surface area contributed by atoms with Crippen molar-refractivity contribution in [3.8, 4) is 0 Å².